The Labute approximate surface area is 110 Å². The fourth-order valence-electron chi connectivity index (χ4n) is 2.40. The molecule has 5 heteroatoms. The van der Waals surface area contributed by atoms with Gasteiger partial charge in [0.05, 0.1) is 12.0 Å². The Hall–Kier alpha value is -1.49. The molecule has 1 aliphatic rings. The Balaban J connectivity index is 1.91. The van der Waals surface area contributed by atoms with Crippen molar-refractivity contribution < 1.29 is 18.7 Å². The molecule has 1 fully saturated rings. The lowest BCUT2D eigenvalue weighted by Gasteiger charge is -2.22. The number of carbonyl (C=O) groups excluding carboxylic acids is 1. The van der Waals surface area contributed by atoms with Gasteiger partial charge >= 0.3 is 0 Å². The second-order valence-corrected chi connectivity index (χ2v) is 5.09. The molecule has 0 aliphatic heterocycles. The van der Waals surface area contributed by atoms with Crippen molar-refractivity contribution in [1.29, 1.82) is 0 Å². The van der Waals surface area contributed by atoms with Crippen molar-refractivity contribution >= 4 is 5.91 Å². The first-order chi connectivity index (χ1) is 9.00. The Morgan fingerprint density at radius 2 is 1.84 bits per heavy atom. The first-order valence-electron chi connectivity index (χ1n) is 6.42. The van der Waals surface area contributed by atoms with Crippen molar-refractivity contribution in [1.82, 2.24) is 5.32 Å². The van der Waals surface area contributed by atoms with Gasteiger partial charge in [-0.25, -0.2) is 8.78 Å². The van der Waals surface area contributed by atoms with E-state index in [1.54, 1.807) is 0 Å². The summed E-state index contributed by atoms with van der Waals surface area (Å²) in [6.07, 6.45) is 2.83. The first kappa shape index (κ1) is 13.9. The molecule has 2 N–H and O–H groups in total. The molecule has 0 radical (unpaired) electrons. The van der Waals surface area contributed by atoms with E-state index in [1.807, 2.05) is 0 Å². The zero-order chi connectivity index (χ0) is 13.9. The summed E-state index contributed by atoms with van der Waals surface area (Å²) >= 11 is 0. The van der Waals surface area contributed by atoms with Gasteiger partial charge in [-0.2, -0.15) is 0 Å². The summed E-state index contributed by atoms with van der Waals surface area (Å²) in [5.41, 5.74) is -1.10. The average Bonchev–Trinajstić information content (AvgIpc) is 2.79. The molecule has 19 heavy (non-hydrogen) atoms. The van der Waals surface area contributed by atoms with Crippen LogP contribution in [0.4, 0.5) is 8.78 Å². The van der Waals surface area contributed by atoms with Crippen LogP contribution in [-0.2, 0) is 11.2 Å². The summed E-state index contributed by atoms with van der Waals surface area (Å²) in [7, 11) is 0. The third-order valence-electron chi connectivity index (χ3n) is 3.55. The number of benzene rings is 1. The Kier molecular flexibility index (Phi) is 4.14. The van der Waals surface area contributed by atoms with Crippen molar-refractivity contribution in [2.24, 2.45) is 0 Å². The molecule has 0 heterocycles. The SMILES string of the molecule is O=C(Cc1c(F)cccc1F)NCC1(O)CCCC1. The van der Waals surface area contributed by atoms with Gasteiger partial charge in [0, 0.05) is 12.1 Å². The molecule has 0 saturated heterocycles. The van der Waals surface area contributed by atoms with Gasteiger partial charge in [-0.05, 0) is 25.0 Å². The minimum atomic E-state index is -0.858. The van der Waals surface area contributed by atoms with Crippen molar-refractivity contribution in [2.75, 3.05) is 6.54 Å². The molecule has 1 aromatic rings. The van der Waals surface area contributed by atoms with E-state index < -0.39 is 23.1 Å². The first-order valence-corrected chi connectivity index (χ1v) is 6.42. The van der Waals surface area contributed by atoms with Gasteiger partial charge in [0.2, 0.25) is 5.91 Å². The maximum absolute atomic E-state index is 13.4. The number of rotatable bonds is 4. The quantitative estimate of drug-likeness (QED) is 0.877. The summed E-state index contributed by atoms with van der Waals surface area (Å²) in [6, 6.07) is 3.50. The molecule has 104 valence electrons. The zero-order valence-corrected chi connectivity index (χ0v) is 10.6. The topological polar surface area (TPSA) is 49.3 Å². The Morgan fingerprint density at radius 3 is 2.42 bits per heavy atom. The highest BCUT2D eigenvalue weighted by Gasteiger charge is 2.31. The van der Waals surface area contributed by atoms with Crippen molar-refractivity contribution in [2.45, 2.75) is 37.7 Å². The van der Waals surface area contributed by atoms with Gasteiger partial charge in [0.15, 0.2) is 0 Å². The Morgan fingerprint density at radius 1 is 1.26 bits per heavy atom. The lowest BCUT2D eigenvalue weighted by atomic mass is 10.0. The standard InChI is InChI=1S/C14H17F2NO2/c15-11-4-3-5-12(16)10(11)8-13(18)17-9-14(19)6-1-2-7-14/h3-5,19H,1-2,6-9H2,(H,17,18). The summed E-state index contributed by atoms with van der Waals surface area (Å²) in [5.74, 6) is -1.94. The van der Waals surface area contributed by atoms with Gasteiger partial charge in [-0.3, -0.25) is 4.79 Å². The van der Waals surface area contributed by atoms with E-state index in [0.717, 1.165) is 25.0 Å². The van der Waals surface area contributed by atoms with Crippen LogP contribution >= 0.6 is 0 Å². The van der Waals surface area contributed by atoms with Gasteiger partial charge in [-0.1, -0.05) is 18.9 Å². The van der Waals surface area contributed by atoms with Crippen LogP contribution in [0.2, 0.25) is 0 Å². The summed E-state index contributed by atoms with van der Waals surface area (Å²) < 4.78 is 26.7. The van der Waals surface area contributed by atoms with E-state index >= 15 is 0 Å². The Bertz CT molecular complexity index is 450. The van der Waals surface area contributed by atoms with Crippen LogP contribution < -0.4 is 5.32 Å². The number of hydrogen-bond acceptors (Lipinski definition) is 2. The molecule has 1 aromatic carbocycles. The van der Waals surface area contributed by atoms with E-state index in [9.17, 15) is 18.7 Å². The minimum Gasteiger partial charge on any atom is -0.388 e. The van der Waals surface area contributed by atoms with Crippen LogP contribution in [0.15, 0.2) is 18.2 Å². The van der Waals surface area contributed by atoms with Gasteiger partial charge in [0.25, 0.3) is 0 Å². The molecule has 1 saturated carbocycles. The molecule has 2 rings (SSSR count). The van der Waals surface area contributed by atoms with Crippen LogP contribution in [-0.4, -0.2) is 23.2 Å². The fourth-order valence-corrected chi connectivity index (χ4v) is 2.40. The van der Waals surface area contributed by atoms with E-state index in [0.29, 0.717) is 12.8 Å². The lowest BCUT2D eigenvalue weighted by Crippen LogP contribution is -2.41. The third kappa shape index (κ3) is 3.50. The van der Waals surface area contributed by atoms with Crippen molar-refractivity contribution in [3.8, 4) is 0 Å². The maximum atomic E-state index is 13.4. The van der Waals surface area contributed by atoms with Crippen LogP contribution in [0, 0.1) is 11.6 Å². The van der Waals surface area contributed by atoms with E-state index in [2.05, 4.69) is 5.32 Å². The summed E-state index contributed by atoms with van der Waals surface area (Å²) in [5, 5.41) is 12.6. The molecule has 0 bridgehead atoms. The van der Waals surface area contributed by atoms with Crippen LogP contribution in [0.5, 0.6) is 0 Å². The number of amides is 1. The number of hydrogen-bond donors (Lipinski definition) is 2. The molecular weight excluding hydrogens is 252 g/mol. The monoisotopic (exact) mass is 269 g/mol. The molecule has 1 aliphatic carbocycles. The summed E-state index contributed by atoms with van der Waals surface area (Å²) in [6.45, 7) is 0.141. The fraction of sp³-hybridized carbons (Fsp3) is 0.500. The number of halogens is 2. The summed E-state index contributed by atoms with van der Waals surface area (Å²) in [4.78, 5) is 11.7. The molecule has 0 spiro atoms. The van der Waals surface area contributed by atoms with Crippen LogP contribution in [0.1, 0.15) is 31.2 Å². The third-order valence-corrected chi connectivity index (χ3v) is 3.55. The highest BCUT2D eigenvalue weighted by molar-refractivity contribution is 5.78. The zero-order valence-electron chi connectivity index (χ0n) is 10.6. The predicted octanol–water partition coefficient (Wildman–Crippen LogP) is 1.93. The predicted molar refractivity (Wildman–Crippen MR) is 66.5 cm³/mol. The number of carbonyl (C=O) groups is 1. The van der Waals surface area contributed by atoms with Gasteiger partial charge in [-0.15, -0.1) is 0 Å². The lowest BCUT2D eigenvalue weighted by molar-refractivity contribution is -0.121. The maximum Gasteiger partial charge on any atom is 0.224 e. The van der Waals surface area contributed by atoms with Crippen molar-refractivity contribution in [3.63, 3.8) is 0 Å². The minimum absolute atomic E-state index is 0.141. The van der Waals surface area contributed by atoms with Gasteiger partial charge < -0.3 is 10.4 Å². The number of aliphatic hydroxyl groups is 1. The van der Waals surface area contributed by atoms with Crippen LogP contribution in [0.25, 0.3) is 0 Å². The highest BCUT2D eigenvalue weighted by atomic mass is 19.1. The van der Waals surface area contributed by atoms with E-state index in [1.165, 1.54) is 6.07 Å². The smallest absolute Gasteiger partial charge is 0.224 e. The molecule has 3 nitrogen and oxygen atoms in total. The molecule has 1 amide bonds. The average molecular weight is 269 g/mol. The van der Waals surface area contributed by atoms with E-state index in [4.69, 9.17) is 0 Å². The molecule has 0 unspecified atom stereocenters. The molecule has 0 aromatic heterocycles. The van der Waals surface area contributed by atoms with E-state index in [-0.39, 0.29) is 18.5 Å². The normalized spacial score (nSPS) is 17.4. The number of nitrogens with one attached hydrogen (secondary N) is 1. The second kappa shape index (κ2) is 5.65. The van der Waals surface area contributed by atoms with Crippen molar-refractivity contribution in [3.05, 3.63) is 35.4 Å². The largest absolute Gasteiger partial charge is 0.388 e. The molecule has 0 atom stereocenters. The van der Waals surface area contributed by atoms with Crippen LogP contribution in [0.3, 0.4) is 0 Å². The second-order valence-electron chi connectivity index (χ2n) is 5.09. The highest BCUT2D eigenvalue weighted by Crippen LogP contribution is 2.28. The van der Waals surface area contributed by atoms with Gasteiger partial charge in [0.1, 0.15) is 11.6 Å². The molecular formula is C14H17F2NO2.